The molecule has 0 saturated heterocycles. The Kier molecular flexibility index (Phi) is 4.73. The lowest BCUT2D eigenvalue weighted by molar-refractivity contribution is -0.137. The van der Waals surface area contributed by atoms with Crippen LogP contribution >= 0.6 is 23.6 Å². The Morgan fingerprint density at radius 2 is 2.11 bits per heavy atom. The van der Waals surface area contributed by atoms with E-state index < -0.39 is 11.9 Å². The highest BCUT2D eigenvalue weighted by Crippen LogP contribution is 2.30. The second kappa shape index (κ2) is 7.21. The summed E-state index contributed by atoms with van der Waals surface area (Å²) in [5.41, 5.74) is 0.301. The highest BCUT2D eigenvalue weighted by atomic mass is 32.1. The molecule has 2 N–H and O–H groups in total. The van der Waals surface area contributed by atoms with Crippen LogP contribution in [0.3, 0.4) is 0 Å². The maximum absolute atomic E-state index is 12.4. The Morgan fingerprint density at radius 1 is 1.36 bits per heavy atom. The molecule has 0 spiro atoms. The van der Waals surface area contributed by atoms with Crippen LogP contribution in [0.15, 0.2) is 22.7 Å². The van der Waals surface area contributed by atoms with E-state index in [0.29, 0.717) is 42.9 Å². The van der Waals surface area contributed by atoms with Gasteiger partial charge in [0.2, 0.25) is 12.7 Å². The van der Waals surface area contributed by atoms with Crippen molar-refractivity contribution in [1.29, 1.82) is 0 Å². The number of aromatic nitrogens is 1. The lowest BCUT2D eigenvalue weighted by atomic mass is 10.1. The number of carbonyl (C=O) groups is 2. The molecule has 0 radical (unpaired) electrons. The predicted octanol–water partition coefficient (Wildman–Crippen LogP) is 1.60. The van der Waals surface area contributed by atoms with Crippen molar-refractivity contribution in [1.82, 2.24) is 4.57 Å². The van der Waals surface area contributed by atoms with Crippen molar-refractivity contribution in [2.24, 2.45) is 4.99 Å². The van der Waals surface area contributed by atoms with Gasteiger partial charge in [-0.2, -0.15) is 0 Å². The number of benzene rings is 1. The van der Waals surface area contributed by atoms with Gasteiger partial charge in [0.25, 0.3) is 5.91 Å². The van der Waals surface area contributed by atoms with E-state index in [9.17, 15) is 14.7 Å². The molecule has 144 valence electrons. The molecule has 0 atom stereocenters. The summed E-state index contributed by atoms with van der Waals surface area (Å²) in [6.07, 6.45) is 3.52. The van der Waals surface area contributed by atoms with Gasteiger partial charge in [0, 0.05) is 29.8 Å². The molecule has 0 unspecified atom stereocenters. The van der Waals surface area contributed by atoms with E-state index in [1.165, 1.54) is 10.6 Å². The molecule has 1 aromatic heterocycles. The summed E-state index contributed by atoms with van der Waals surface area (Å²) in [5, 5.41) is 20.4. The Labute approximate surface area is 167 Å². The average molecular weight is 418 g/mol. The number of aromatic hydroxyl groups is 1. The van der Waals surface area contributed by atoms with Crippen LogP contribution in [-0.2, 0) is 16.1 Å². The van der Waals surface area contributed by atoms with Crippen LogP contribution in [-0.4, -0.2) is 33.4 Å². The van der Waals surface area contributed by atoms with Gasteiger partial charge >= 0.3 is 5.97 Å². The minimum Gasteiger partial charge on any atom is -0.493 e. The first-order valence-electron chi connectivity index (χ1n) is 8.33. The van der Waals surface area contributed by atoms with Gasteiger partial charge in [0.1, 0.15) is 0 Å². The first-order valence-corrected chi connectivity index (χ1v) is 9.55. The zero-order valence-corrected chi connectivity index (χ0v) is 16.0. The van der Waals surface area contributed by atoms with Gasteiger partial charge in [-0.1, -0.05) is 0 Å². The zero-order chi connectivity index (χ0) is 19.8. The number of fused-ring (bicyclic) bond motifs is 2. The van der Waals surface area contributed by atoms with Crippen LogP contribution in [0.1, 0.15) is 17.7 Å². The van der Waals surface area contributed by atoms with E-state index in [1.54, 1.807) is 18.2 Å². The van der Waals surface area contributed by atoms with E-state index in [4.69, 9.17) is 26.8 Å². The van der Waals surface area contributed by atoms with Crippen molar-refractivity contribution < 1.29 is 29.3 Å². The second-order valence-corrected chi connectivity index (χ2v) is 7.81. The Balaban J connectivity index is 1.69. The fourth-order valence-corrected chi connectivity index (χ4v) is 4.21. The molecule has 3 heterocycles. The number of carboxylic acid groups (broad SMARTS) is 1. The van der Waals surface area contributed by atoms with Crippen molar-refractivity contribution in [3.63, 3.8) is 0 Å². The van der Waals surface area contributed by atoms with Crippen molar-refractivity contribution in [3.05, 3.63) is 37.1 Å². The quantitative estimate of drug-likeness (QED) is 0.561. The van der Waals surface area contributed by atoms with Gasteiger partial charge in [-0.05, 0) is 36.9 Å². The summed E-state index contributed by atoms with van der Waals surface area (Å²) in [6.45, 7) is 0.409. The number of hydrogen-bond donors (Lipinski definition) is 2. The van der Waals surface area contributed by atoms with E-state index in [1.807, 2.05) is 0 Å². The molecule has 2 aliphatic rings. The third kappa shape index (κ3) is 3.43. The average Bonchev–Trinajstić information content (AvgIpc) is 3.19. The first kappa shape index (κ1) is 18.4. The maximum Gasteiger partial charge on any atom is 0.303 e. The number of aliphatic carboxylic acids is 1. The molecule has 0 bridgehead atoms. The fraction of sp³-hybridized carbons (Fsp3) is 0.222. The van der Waals surface area contributed by atoms with E-state index in [0.717, 1.165) is 11.3 Å². The van der Waals surface area contributed by atoms with Crippen LogP contribution in [0.5, 0.6) is 17.4 Å². The number of amides is 1. The minimum atomic E-state index is -0.910. The van der Waals surface area contributed by atoms with Gasteiger partial charge in [-0.25, -0.2) is 4.99 Å². The smallest absolute Gasteiger partial charge is 0.303 e. The highest BCUT2D eigenvalue weighted by molar-refractivity contribution is 7.73. The molecule has 0 fully saturated rings. The highest BCUT2D eigenvalue weighted by Gasteiger charge is 2.19. The molecular formula is C18H14N2O6S2. The lowest BCUT2D eigenvalue weighted by Crippen LogP contribution is -2.30. The van der Waals surface area contributed by atoms with Crippen molar-refractivity contribution in [2.45, 2.75) is 19.4 Å². The molecule has 2 aliphatic heterocycles. The van der Waals surface area contributed by atoms with Crippen molar-refractivity contribution in [3.8, 4) is 17.4 Å². The molecule has 0 aliphatic carbocycles. The summed E-state index contributed by atoms with van der Waals surface area (Å²) in [4.78, 5) is 27.6. The largest absolute Gasteiger partial charge is 0.493 e. The summed E-state index contributed by atoms with van der Waals surface area (Å²) < 4.78 is 12.5. The number of ether oxygens (including phenoxy) is 2. The van der Waals surface area contributed by atoms with Crippen LogP contribution in [0, 0.1) is 3.95 Å². The van der Waals surface area contributed by atoms with Gasteiger partial charge in [0.05, 0.1) is 10.2 Å². The molecule has 0 saturated carbocycles. The second-order valence-electron chi connectivity index (χ2n) is 6.13. The molecular weight excluding hydrogens is 404 g/mol. The van der Waals surface area contributed by atoms with Crippen molar-refractivity contribution in [2.75, 3.05) is 6.79 Å². The van der Waals surface area contributed by atoms with Gasteiger partial charge in [-0.15, -0.1) is 11.3 Å². The Hall–Kier alpha value is -2.98. The molecule has 4 rings (SSSR count). The molecule has 8 nitrogen and oxygen atoms in total. The minimum absolute atomic E-state index is 0.0223. The fourth-order valence-electron chi connectivity index (χ4n) is 2.90. The topological polar surface area (TPSA) is 110 Å². The standard InChI is InChI=1S/C18H14N2O6S2/c21-15(22)2-1-3-20-17(24)14(28-18(20)27)6-10-4-9-5-12-13(26-8-25-12)7-11(9)19-16(10)23/h4-7,24H,1-3,8H2,(H,21,22). The predicted molar refractivity (Wildman–Crippen MR) is 102 cm³/mol. The van der Waals surface area contributed by atoms with Crippen LogP contribution in [0.4, 0.5) is 0 Å². The maximum atomic E-state index is 12.4. The van der Waals surface area contributed by atoms with Crippen LogP contribution in [0.2, 0.25) is 0 Å². The summed E-state index contributed by atoms with van der Waals surface area (Å²) in [7, 11) is 0. The van der Waals surface area contributed by atoms with Crippen LogP contribution < -0.4 is 20.0 Å². The Bertz CT molecular complexity index is 1210. The summed E-state index contributed by atoms with van der Waals surface area (Å²) >= 11 is 6.39. The number of thiazole rings is 1. The number of nitrogens with zero attached hydrogens (tertiary/aromatic N) is 2. The molecule has 1 aromatic carbocycles. The number of carboxylic acids is 1. The molecule has 28 heavy (non-hydrogen) atoms. The summed E-state index contributed by atoms with van der Waals surface area (Å²) in [5.74, 6) is -0.313. The zero-order valence-electron chi connectivity index (χ0n) is 14.4. The van der Waals surface area contributed by atoms with E-state index >= 15 is 0 Å². The lowest BCUT2D eigenvalue weighted by Gasteiger charge is -2.05. The SMILES string of the molecule is O=C(O)CCCn1c(O)c(C=C2C=c3cc4c(cc3=NC2=O)OCO4)sc1=S. The molecule has 10 heteroatoms. The third-order valence-corrected chi connectivity index (χ3v) is 5.64. The first-order chi connectivity index (χ1) is 13.4. The van der Waals surface area contributed by atoms with Gasteiger partial charge < -0.3 is 19.7 Å². The van der Waals surface area contributed by atoms with Crippen LogP contribution in [0.25, 0.3) is 12.2 Å². The normalized spacial score (nSPS) is 15.9. The Morgan fingerprint density at radius 3 is 2.86 bits per heavy atom. The summed E-state index contributed by atoms with van der Waals surface area (Å²) in [6, 6.07) is 3.41. The number of rotatable bonds is 5. The monoisotopic (exact) mass is 418 g/mol. The number of hydrogen-bond acceptors (Lipinski definition) is 7. The van der Waals surface area contributed by atoms with E-state index in [2.05, 4.69) is 4.99 Å². The number of carbonyl (C=O) groups excluding carboxylic acids is 1. The van der Waals surface area contributed by atoms with E-state index in [-0.39, 0.29) is 25.6 Å². The van der Waals surface area contributed by atoms with Crippen molar-refractivity contribution >= 4 is 47.6 Å². The van der Waals surface area contributed by atoms with Gasteiger partial charge in [0.15, 0.2) is 15.5 Å². The molecule has 2 aromatic rings. The third-order valence-electron chi connectivity index (χ3n) is 4.25. The molecule has 1 amide bonds. The van der Waals surface area contributed by atoms with Gasteiger partial charge in [-0.3, -0.25) is 14.2 Å².